The SMILES string of the molecule is O=C(CNCC1CCC(O)C1)N1CCCCCC1. The Balaban J connectivity index is 1.61. The molecule has 2 N–H and O–H groups in total. The molecular weight excluding hydrogens is 228 g/mol. The molecule has 2 unspecified atom stereocenters. The molecule has 2 aliphatic rings. The van der Waals surface area contributed by atoms with Crippen LogP contribution in [0.15, 0.2) is 0 Å². The summed E-state index contributed by atoms with van der Waals surface area (Å²) in [5.74, 6) is 0.798. The zero-order chi connectivity index (χ0) is 12.8. The Bertz CT molecular complexity index is 263. The Morgan fingerprint density at radius 2 is 1.89 bits per heavy atom. The van der Waals surface area contributed by atoms with E-state index in [1.807, 2.05) is 4.90 Å². The van der Waals surface area contributed by atoms with Crippen molar-refractivity contribution in [2.75, 3.05) is 26.2 Å². The normalized spacial score (nSPS) is 29.3. The van der Waals surface area contributed by atoms with Gasteiger partial charge in [0.05, 0.1) is 12.6 Å². The molecule has 18 heavy (non-hydrogen) atoms. The first-order valence-electron chi connectivity index (χ1n) is 7.42. The molecule has 0 aromatic rings. The van der Waals surface area contributed by atoms with E-state index in [-0.39, 0.29) is 12.0 Å². The fourth-order valence-electron chi connectivity index (χ4n) is 3.05. The number of likely N-dealkylation sites (tertiary alicyclic amines) is 1. The van der Waals surface area contributed by atoms with E-state index in [2.05, 4.69) is 5.32 Å². The van der Waals surface area contributed by atoms with E-state index in [1.165, 1.54) is 12.8 Å². The summed E-state index contributed by atoms with van der Waals surface area (Å²) in [5.41, 5.74) is 0. The predicted molar refractivity (Wildman–Crippen MR) is 71.3 cm³/mol. The first-order valence-corrected chi connectivity index (χ1v) is 7.42. The van der Waals surface area contributed by atoms with Crippen molar-refractivity contribution in [1.82, 2.24) is 10.2 Å². The van der Waals surface area contributed by atoms with Crippen molar-refractivity contribution >= 4 is 5.91 Å². The molecule has 0 aromatic carbocycles. The van der Waals surface area contributed by atoms with Gasteiger partial charge in [-0.1, -0.05) is 12.8 Å². The lowest BCUT2D eigenvalue weighted by atomic mass is 10.1. The van der Waals surface area contributed by atoms with Crippen LogP contribution in [0.2, 0.25) is 0 Å². The Kier molecular flexibility index (Phi) is 5.45. The summed E-state index contributed by atoms with van der Waals surface area (Å²) in [5, 5.41) is 12.7. The predicted octanol–water partition coefficient (Wildman–Crippen LogP) is 1.14. The molecule has 104 valence electrons. The van der Waals surface area contributed by atoms with Crippen LogP contribution in [0, 0.1) is 5.92 Å². The number of rotatable bonds is 4. The maximum absolute atomic E-state index is 12.0. The van der Waals surface area contributed by atoms with E-state index < -0.39 is 0 Å². The summed E-state index contributed by atoms with van der Waals surface area (Å²) >= 11 is 0. The number of nitrogens with zero attached hydrogens (tertiary/aromatic N) is 1. The zero-order valence-corrected chi connectivity index (χ0v) is 11.2. The molecule has 0 spiro atoms. The van der Waals surface area contributed by atoms with Gasteiger partial charge in [-0.2, -0.15) is 0 Å². The monoisotopic (exact) mass is 254 g/mol. The van der Waals surface area contributed by atoms with Crippen LogP contribution in [0.25, 0.3) is 0 Å². The molecule has 1 saturated heterocycles. The standard InChI is InChI=1S/C14H26N2O2/c17-13-6-5-12(9-13)10-15-11-14(18)16-7-3-1-2-4-8-16/h12-13,15,17H,1-11H2. The second-order valence-corrected chi connectivity index (χ2v) is 5.76. The van der Waals surface area contributed by atoms with Crippen molar-refractivity contribution in [3.63, 3.8) is 0 Å². The second kappa shape index (κ2) is 7.10. The van der Waals surface area contributed by atoms with Crippen molar-refractivity contribution in [3.8, 4) is 0 Å². The van der Waals surface area contributed by atoms with Gasteiger partial charge in [-0.05, 0) is 44.6 Å². The minimum Gasteiger partial charge on any atom is -0.393 e. The van der Waals surface area contributed by atoms with Gasteiger partial charge in [0.25, 0.3) is 0 Å². The molecule has 2 rings (SSSR count). The second-order valence-electron chi connectivity index (χ2n) is 5.76. The van der Waals surface area contributed by atoms with Crippen LogP contribution in [0.1, 0.15) is 44.9 Å². The molecule has 0 bridgehead atoms. The lowest BCUT2D eigenvalue weighted by molar-refractivity contribution is -0.130. The summed E-state index contributed by atoms with van der Waals surface area (Å²) < 4.78 is 0. The lowest BCUT2D eigenvalue weighted by Crippen LogP contribution is -2.39. The van der Waals surface area contributed by atoms with Gasteiger partial charge in [0, 0.05) is 13.1 Å². The number of aliphatic hydroxyl groups is 1. The first-order chi connectivity index (χ1) is 8.75. The minimum absolute atomic E-state index is 0.113. The molecule has 0 radical (unpaired) electrons. The van der Waals surface area contributed by atoms with Crippen LogP contribution < -0.4 is 5.32 Å². The molecule has 4 heteroatoms. The first kappa shape index (κ1) is 13.8. The van der Waals surface area contributed by atoms with Gasteiger partial charge < -0.3 is 15.3 Å². The third-order valence-corrected chi connectivity index (χ3v) is 4.18. The summed E-state index contributed by atoms with van der Waals surface area (Å²) in [4.78, 5) is 14.0. The maximum Gasteiger partial charge on any atom is 0.236 e. The molecular formula is C14H26N2O2. The molecule has 1 heterocycles. The number of hydrogen-bond acceptors (Lipinski definition) is 3. The average molecular weight is 254 g/mol. The van der Waals surface area contributed by atoms with Gasteiger partial charge in [-0.3, -0.25) is 4.79 Å². The molecule has 2 atom stereocenters. The van der Waals surface area contributed by atoms with Crippen LogP contribution in [0.4, 0.5) is 0 Å². The van der Waals surface area contributed by atoms with Gasteiger partial charge >= 0.3 is 0 Å². The van der Waals surface area contributed by atoms with Gasteiger partial charge in [0.1, 0.15) is 0 Å². The number of amides is 1. The summed E-state index contributed by atoms with van der Waals surface area (Å²) in [7, 11) is 0. The van der Waals surface area contributed by atoms with E-state index in [9.17, 15) is 9.90 Å². The van der Waals surface area contributed by atoms with Crippen LogP contribution >= 0.6 is 0 Å². The van der Waals surface area contributed by atoms with Crippen LogP contribution in [-0.2, 0) is 4.79 Å². The van der Waals surface area contributed by atoms with Crippen molar-refractivity contribution in [2.24, 2.45) is 5.92 Å². The number of aliphatic hydroxyl groups excluding tert-OH is 1. The minimum atomic E-state index is -0.113. The van der Waals surface area contributed by atoms with E-state index in [4.69, 9.17) is 0 Å². The Morgan fingerprint density at radius 3 is 2.50 bits per heavy atom. The topological polar surface area (TPSA) is 52.6 Å². The largest absolute Gasteiger partial charge is 0.393 e. The molecule has 1 amide bonds. The van der Waals surface area contributed by atoms with Crippen molar-refractivity contribution in [2.45, 2.75) is 51.0 Å². The van der Waals surface area contributed by atoms with Gasteiger partial charge in [-0.25, -0.2) is 0 Å². The number of carbonyl (C=O) groups is 1. The van der Waals surface area contributed by atoms with Gasteiger partial charge in [0.2, 0.25) is 5.91 Å². The molecule has 1 saturated carbocycles. The van der Waals surface area contributed by atoms with E-state index in [1.54, 1.807) is 0 Å². The highest BCUT2D eigenvalue weighted by molar-refractivity contribution is 5.78. The zero-order valence-electron chi connectivity index (χ0n) is 11.2. The van der Waals surface area contributed by atoms with Crippen LogP contribution in [0.3, 0.4) is 0 Å². The fraction of sp³-hybridized carbons (Fsp3) is 0.929. The molecule has 1 aliphatic carbocycles. The van der Waals surface area contributed by atoms with E-state index in [0.29, 0.717) is 12.5 Å². The van der Waals surface area contributed by atoms with Crippen molar-refractivity contribution in [3.05, 3.63) is 0 Å². The quantitative estimate of drug-likeness (QED) is 0.791. The summed E-state index contributed by atoms with van der Waals surface area (Å²) in [6.07, 6.45) is 7.62. The van der Waals surface area contributed by atoms with Crippen molar-refractivity contribution < 1.29 is 9.90 Å². The third-order valence-electron chi connectivity index (χ3n) is 4.18. The average Bonchev–Trinajstić information content (AvgIpc) is 2.63. The molecule has 1 aliphatic heterocycles. The number of nitrogens with one attached hydrogen (secondary N) is 1. The van der Waals surface area contributed by atoms with Crippen molar-refractivity contribution in [1.29, 1.82) is 0 Å². The highest BCUT2D eigenvalue weighted by atomic mass is 16.3. The Hall–Kier alpha value is -0.610. The molecule has 0 aromatic heterocycles. The highest BCUT2D eigenvalue weighted by Crippen LogP contribution is 2.24. The van der Waals surface area contributed by atoms with Crippen LogP contribution in [0.5, 0.6) is 0 Å². The van der Waals surface area contributed by atoms with Gasteiger partial charge in [0.15, 0.2) is 0 Å². The maximum atomic E-state index is 12.0. The number of carbonyl (C=O) groups excluding carboxylic acids is 1. The molecule has 4 nitrogen and oxygen atoms in total. The molecule has 2 fully saturated rings. The summed E-state index contributed by atoms with van der Waals surface area (Å²) in [6, 6.07) is 0. The smallest absolute Gasteiger partial charge is 0.236 e. The summed E-state index contributed by atoms with van der Waals surface area (Å²) in [6.45, 7) is 3.20. The highest BCUT2D eigenvalue weighted by Gasteiger charge is 2.22. The Morgan fingerprint density at radius 1 is 1.17 bits per heavy atom. The van der Waals surface area contributed by atoms with E-state index in [0.717, 1.165) is 51.7 Å². The van der Waals surface area contributed by atoms with Crippen LogP contribution in [-0.4, -0.2) is 48.2 Å². The van der Waals surface area contributed by atoms with Gasteiger partial charge in [-0.15, -0.1) is 0 Å². The number of hydrogen-bond donors (Lipinski definition) is 2. The van der Waals surface area contributed by atoms with E-state index >= 15 is 0 Å². The third kappa shape index (κ3) is 4.25. The Labute approximate surface area is 110 Å². The fourth-order valence-corrected chi connectivity index (χ4v) is 3.05. The lowest BCUT2D eigenvalue weighted by Gasteiger charge is -2.21.